The number of para-hydroxylation sites is 2. The van der Waals surface area contributed by atoms with Gasteiger partial charge in [-0.05, 0) is 29.8 Å². The zero-order chi connectivity index (χ0) is 20.1. The molecule has 0 unspecified atom stereocenters. The molecule has 3 aromatic carbocycles. The highest BCUT2D eigenvalue weighted by Gasteiger charge is 2.32. The molecule has 1 aliphatic heterocycles. The third-order valence-corrected chi connectivity index (χ3v) is 5.02. The molecule has 5 heteroatoms. The minimum atomic E-state index is -0.225. The van der Waals surface area contributed by atoms with Gasteiger partial charge in [0.15, 0.2) is 0 Å². The lowest BCUT2D eigenvalue weighted by molar-refractivity contribution is -0.117. The third-order valence-electron chi connectivity index (χ3n) is 5.02. The molecule has 1 N–H and O–H groups in total. The first-order valence-electron chi connectivity index (χ1n) is 9.73. The molecule has 1 aliphatic rings. The predicted molar refractivity (Wildman–Crippen MR) is 115 cm³/mol. The van der Waals surface area contributed by atoms with Crippen LogP contribution in [-0.4, -0.2) is 24.5 Å². The van der Waals surface area contributed by atoms with E-state index in [0.29, 0.717) is 19.5 Å². The number of anilines is 2. The first-order valence-corrected chi connectivity index (χ1v) is 9.73. The van der Waals surface area contributed by atoms with Gasteiger partial charge in [-0.1, -0.05) is 66.7 Å². The van der Waals surface area contributed by atoms with Crippen LogP contribution in [0.15, 0.2) is 91.0 Å². The first kappa shape index (κ1) is 18.7. The maximum absolute atomic E-state index is 13.1. The lowest BCUT2D eigenvalue weighted by atomic mass is 10.2. The molecule has 0 aliphatic carbocycles. The molecule has 1 atom stereocenters. The highest BCUT2D eigenvalue weighted by atomic mass is 16.2. The summed E-state index contributed by atoms with van der Waals surface area (Å²) in [5.41, 5.74) is 2.72. The average molecular weight is 385 g/mol. The second kappa shape index (κ2) is 8.61. The summed E-state index contributed by atoms with van der Waals surface area (Å²) in [6, 6.07) is 28.6. The lowest BCUT2D eigenvalue weighted by Crippen LogP contribution is -2.45. The number of rotatable bonds is 5. The van der Waals surface area contributed by atoms with Gasteiger partial charge in [0.25, 0.3) is 0 Å². The van der Waals surface area contributed by atoms with Crippen molar-refractivity contribution >= 4 is 23.3 Å². The molecule has 1 heterocycles. The van der Waals surface area contributed by atoms with E-state index in [1.807, 2.05) is 91.0 Å². The zero-order valence-electron chi connectivity index (χ0n) is 16.1. The third kappa shape index (κ3) is 4.46. The average Bonchev–Trinajstić information content (AvgIpc) is 3.14. The maximum atomic E-state index is 13.1. The van der Waals surface area contributed by atoms with Crippen LogP contribution in [0.1, 0.15) is 12.0 Å². The summed E-state index contributed by atoms with van der Waals surface area (Å²) in [6.07, 6.45) is 0.300. The SMILES string of the molecule is O=C1C[C@H](NC(=O)N(Cc2ccccc2)c2ccccc2)CN1c1ccccc1. The molecule has 1 saturated heterocycles. The van der Waals surface area contributed by atoms with Crippen LogP contribution in [0.3, 0.4) is 0 Å². The summed E-state index contributed by atoms with van der Waals surface area (Å²) >= 11 is 0. The minimum absolute atomic E-state index is 0.0239. The molecule has 4 rings (SSSR count). The molecule has 1 fully saturated rings. The van der Waals surface area contributed by atoms with Crippen molar-refractivity contribution in [2.45, 2.75) is 19.0 Å². The van der Waals surface area contributed by atoms with E-state index in [9.17, 15) is 9.59 Å². The second-order valence-corrected chi connectivity index (χ2v) is 7.10. The Labute approximate surface area is 170 Å². The fraction of sp³-hybridized carbons (Fsp3) is 0.167. The number of carbonyl (C=O) groups excluding carboxylic acids is 2. The van der Waals surface area contributed by atoms with Crippen LogP contribution in [-0.2, 0) is 11.3 Å². The summed E-state index contributed by atoms with van der Waals surface area (Å²) in [5.74, 6) is 0.0239. The van der Waals surface area contributed by atoms with Crippen molar-refractivity contribution in [2.75, 3.05) is 16.3 Å². The molecule has 0 bridgehead atoms. The van der Waals surface area contributed by atoms with Gasteiger partial charge < -0.3 is 10.2 Å². The monoisotopic (exact) mass is 385 g/mol. The highest BCUT2D eigenvalue weighted by molar-refractivity contribution is 5.98. The van der Waals surface area contributed by atoms with E-state index >= 15 is 0 Å². The van der Waals surface area contributed by atoms with Crippen molar-refractivity contribution < 1.29 is 9.59 Å². The molecule has 3 amide bonds. The van der Waals surface area contributed by atoms with E-state index < -0.39 is 0 Å². The number of carbonyl (C=O) groups is 2. The fourth-order valence-corrected chi connectivity index (χ4v) is 3.57. The largest absolute Gasteiger partial charge is 0.333 e. The van der Waals surface area contributed by atoms with Crippen molar-refractivity contribution in [1.29, 1.82) is 0 Å². The van der Waals surface area contributed by atoms with Crippen molar-refractivity contribution in [3.8, 4) is 0 Å². The van der Waals surface area contributed by atoms with E-state index in [4.69, 9.17) is 0 Å². The second-order valence-electron chi connectivity index (χ2n) is 7.10. The molecule has 0 radical (unpaired) electrons. The van der Waals surface area contributed by atoms with Crippen LogP contribution in [0.4, 0.5) is 16.2 Å². The smallest absolute Gasteiger partial charge is 0.322 e. The van der Waals surface area contributed by atoms with Gasteiger partial charge >= 0.3 is 6.03 Å². The van der Waals surface area contributed by atoms with Crippen LogP contribution in [0.25, 0.3) is 0 Å². The molecule has 3 aromatic rings. The normalized spacial score (nSPS) is 15.9. The van der Waals surface area contributed by atoms with Crippen LogP contribution < -0.4 is 15.1 Å². The Kier molecular flexibility index (Phi) is 5.56. The van der Waals surface area contributed by atoms with Gasteiger partial charge in [0.05, 0.1) is 12.6 Å². The molecule has 29 heavy (non-hydrogen) atoms. The number of nitrogens with one attached hydrogen (secondary N) is 1. The highest BCUT2D eigenvalue weighted by Crippen LogP contribution is 2.22. The molecule has 0 aromatic heterocycles. The van der Waals surface area contributed by atoms with Crippen LogP contribution >= 0.6 is 0 Å². The van der Waals surface area contributed by atoms with Gasteiger partial charge in [-0.25, -0.2) is 4.79 Å². The van der Waals surface area contributed by atoms with Gasteiger partial charge in [0.2, 0.25) is 5.91 Å². The Balaban J connectivity index is 1.49. The summed E-state index contributed by atoms with van der Waals surface area (Å²) in [5, 5.41) is 3.05. The summed E-state index contributed by atoms with van der Waals surface area (Å²) in [4.78, 5) is 29.0. The molecule has 0 saturated carbocycles. The lowest BCUT2D eigenvalue weighted by Gasteiger charge is -2.25. The Morgan fingerprint density at radius 3 is 2.14 bits per heavy atom. The van der Waals surface area contributed by atoms with E-state index in [2.05, 4.69) is 5.32 Å². The van der Waals surface area contributed by atoms with Gasteiger partial charge in [-0.15, -0.1) is 0 Å². The van der Waals surface area contributed by atoms with Crippen molar-refractivity contribution in [1.82, 2.24) is 5.32 Å². The topological polar surface area (TPSA) is 52.7 Å². The number of hydrogen-bond donors (Lipinski definition) is 1. The van der Waals surface area contributed by atoms with E-state index in [-0.39, 0.29) is 18.0 Å². The summed E-state index contributed by atoms with van der Waals surface area (Å²) < 4.78 is 0. The van der Waals surface area contributed by atoms with E-state index in [1.165, 1.54) is 0 Å². The maximum Gasteiger partial charge on any atom is 0.322 e. The molecule has 5 nitrogen and oxygen atoms in total. The zero-order valence-corrected chi connectivity index (χ0v) is 16.1. The number of amides is 3. The number of nitrogens with zero attached hydrogens (tertiary/aromatic N) is 2. The standard InChI is InChI=1S/C24H23N3O2/c28-23-16-20(18-26(23)21-12-6-2-7-13-21)25-24(29)27(22-14-8-3-9-15-22)17-19-10-4-1-5-11-19/h1-15,20H,16-18H2,(H,25,29)/t20-/m0/s1. The van der Waals surface area contributed by atoms with Gasteiger partial charge in [-0.3, -0.25) is 9.69 Å². The van der Waals surface area contributed by atoms with Gasteiger partial charge in [-0.2, -0.15) is 0 Å². The number of hydrogen-bond acceptors (Lipinski definition) is 2. The number of urea groups is 1. The molecule has 146 valence electrons. The number of benzene rings is 3. The summed E-state index contributed by atoms with van der Waals surface area (Å²) in [7, 11) is 0. The van der Waals surface area contributed by atoms with Crippen LogP contribution in [0.2, 0.25) is 0 Å². The van der Waals surface area contributed by atoms with Crippen molar-refractivity contribution in [3.05, 3.63) is 96.6 Å². The quantitative estimate of drug-likeness (QED) is 0.715. The van der Waals surface area contributed by atoms with E-state index in [1.54, 1.807) is 9.80 Å². The van der Waals surface area contributed by atoms with E-state index in [0.717, 1.165) is 16.9 Å². The Morgan fingerprint density at radius 2 is 1.48 bits per heavy atom. The molecular weight excluding hydrogens is 362 g/mol. The van der Waals surface area contributed by atoms with Crippen molar-refractivity contribution in [3.63, 3.8) is 0 Å². The molecule has 0 spiro atoms. The van der Waals surface area contributed by atoms with Gasteiger partial charge in [0.1, 0.15) is 0 Å². The molecular formula is C24H23N3O2. The minimum Gasteiger partial charge on any atom is -0.333 e. The summed E-state index contributed by atoms with van der Waals surface area (Å²) in [6.45, 7) is 0.933. The Hall–Kier alpha value is -3.60. The fourth-order valence-electron chi connectivity index (χ4n) is 3.57. The Morgan fingerprint density at radius 1 is 0.897 bits per heavy atom. The van der Waals surface area contributed by atoms with Crippen LogP contribution in [0.5, 0.6) is 0 Å². The Bertz CT molecular complexity index is 961. The van der Waals surface area contributed by atoms with Crippen molar-refractivity contribution in [2.24, 2.45) is 0 Å². The first-order chi connectivity index (χ1) is 14.2. The van der Waals surface area contributed by atoms with Gasteiger partial charge in [0, 0.05) is 24.3 Å². The van der Waals surface area contributed by atoms with Crippen LogP contribution in [0, 0.1) is 0 Å². The predicted octanol–water partition coefficient (Wildman–Crippen LogP) is 4.21.